The van der Waals surface area contributed by atoms with Gasteiger partial charge in [-0.25, -0.2) is 0 Å². The summed E-state index contributed by atoms with van der Waals surface area (Å²) in [4.78, 5) is 15.6. The maximum atomic E-state index is 13.7. The van der Waals surface area contributed by atoms with Gasteiger partial charge in [0.25, 0.3) is 0 Å². The van der Waals surface area contributed by atoms with Crippen molar-refractivity contribution in [3.05, 3.63) is 39.7 Å². The minimum Gasteiger partial charge on any atom is -0.384 e. The van der Waals surface area contributed by atoms with Crippen molar-refractivity contribution in [3.8, 4) is 6.07 Å². The number of carbonyl (C=O) groups excluding carboxylic acids is 1. The molecule has 6 nitrogen and oxygen atoms in total. The molecule has 0 spiro atoms. The number of allylic oxidation sites excluding steroid dienone is 3. The Hall–Kier alpha value is -1.80. The second-order valence-electron chi connectivity index (χ2n) is 10.3. The second kappa shape index (κ2) is 10.5. The van der Waals surface area contributed by atoms with Gasteiger partial charge in [-0.05, 0) is 47.4 Å². The van der Waals surface area contributed by atoms with Crippen molar-refractivity contribution in [3.63, 3.8) is 0 Å². The van der Waals surface area contributed by atoms with Crippen molar-refractivity contribution in [1.82, 2.24) is 10.2 Å². The Morgan fingerprint density at radius 1 is 1.25 bits per heavy atom. The quantitative estimate of drug-likeness (QED) is 0.377. The van der Waals surface area contributed by atoms with Crippen molar-refractivity contribution in [2.75, 3.05) is 10.7 Å². The number of ketones is 1. The van der Waals surface area contributed by atoms with Crippen LogP contribution >= 0.6 is 46.2 Å². The van der Waals surface area contributed by atoms with Crippen molar-refractivity contribution >= 4 is 57.1 Å². The van der Waals surface area contributed by atoms with E-state index in [0.717, 1.165) is 25.6 Å². The predicted octanol–water partition coefficient (Wildman–Crippen LogP) is 7.08. The maximum Gasteiger partial charge on any atom is 0.219 e. The van der Waals surface area contributed by atoms with Gasteiger partial charge in [0.05, 0.1) is 21.8 Å². The molecule has 0 saturated heterocycles. The number of nitrogens with zero attached hydrogens (tertiary/aromatic N) is 4. The van der Waals surface area contributed by atoms with Gasteiger partial charge in [-0.1, -0.05) is 63.1 Å². The molecule has 0 radical (unpaired) electrons. The minimum atomic E-state index is -0.436. The number of nitriles is 1. The summed E-state index contributed by atoms with van der Waals surface area (Å²) in [6.45, 7) is 6.35. The molecule has 10 heteroatoms. The fourth-order valence-electron chi connectivity index (χ4n) is 5.47. The van der Waals surface area contributed by atoms with E-state index in [4.69, 9.17) is 5.73 Å². The van der Waals surface area contributed by atoms with E-state index < -0.39 is 5.92 Å². The Kier molecular flexibility index (Phi) is 7.55. The summed E-state index contributed by atoms with van der Waals surface area (Å²) in [7, 11) is 0. The summed E-state index contributed by atoms with van der Waals surface area (Å²) in [6.07, 6.45) is 7.42. The van der Waals surface area contributed by atoms with Crippen LogP contribution in [0.15, 0.2) is 42.7 Å². The first-order chi connectivity index (χ1) is 17.3. The summed E-state index contributed by atoms with van der Waals surface area (Å²) in [5.74, 6) is 0.952. The van der Waals surface area contributed by atoms with Gasteiger partial charge in [-0.15, -0.1) is 33.3 Å². The number of rotatable bonds is 6. The van der Waals surface area contributed by atoms with Crippen molar-refractivity contribution in [1.29, 1.82) is 5.26 Å². The van der Waals surface area contributed by atoms with E-state index >= 15 is 0 Å². The molecular formula is C26H31N5OS4. The molecule has 3 heterocycles. The summed E-state index contributed by atoms with van der Waals surface area (Å²) in [5, 5.41) is 22.6. The molecule has 190 valence electrons. The fourth-order valence-corrected chi connectivity index (χ4v) is 9.93. The number of anilines is 1. The molecule has 36 heavy (non-hydrogen) atoms. The topological polar surface area (TPSA) is 95.9 Å². The molecule has 1 atom stereocenters. The lowest BCUT2D eigenvalue weighted by Crippen LogP contribution is -2.42. The molecule has 3 aliphatic rings. The van der Waals surface area contributed by atoms with Gasteiger partial charge >= 0.3 is 0 Å². The summed E-state index contributed by atoms with van der Waals surface area (Å²) >= 11 is 6.72. The van der Waals surface area contributed by atoms with Crippen LogP contribution in [-0.4, -0.2) is 27.0 Å². The van der Waals surface area contributed by atoms with Crippen LogP contribution in [0.4, 0.5) is 5.13 Å². The molecular weight excluding hydrogens is 527 g/mol. The zero-order chi connectivity index (χ0) is 25.4. The highest BCUT2D eigenvalue weighted by Crippen LogP contribution is 2.52. The van der Waals surface area contributed by atoms with E-state index in [-0.39, 0.29) is 11.2 Å². The Morgan fingerprint density at radius 2 is 2.03 bits per heavy atom. The minimum absolute atomic E-state index is 0.0940. The predicted molar refractivity (Wildman–Crippen MR) is 150 cm³/mol. The van der Waals surface area contributed by atoms with Gasteiger partial charge in [0.2, 0.25) is 5.13 Å². The SMILES string of the molecule is CCSc1sccc1C1C(C#N)=C(N)N(c2nnc(SC3CCCCC3)s2)C2=C1C(=O)CC(C)(C)C2. The molecule has 1 fully saturated rings. The highest BCUT2D eigenvalue weighted by molar-refractivity contribution is 8.01. The number of Topliss-reactive ketones (excluding diaryl/α,β-unsaturated/α-hetero) is 1. The molecule has 2 N–H and O–H groups in total. The van der Waals surface area contributed by atoms with E-state index in [2.05, 4.69) is 43.1 Å². The summed E-state index contributed by atoms with van der Waals surface area (Å²) in [6, 6.07) is 4.43. The van der Waals surface area contributed by atoms with E-state index in [1.54, 1.807) is 34.9 Å². The molecule has 1 aliphatic heterocycles. The highest BCUT2D eigenvalue weighted by atomic mass is 32.2. The Bertz CT molecular complexity index is 1260. The lowest BCUT2D eigenvalue weighted by Gasteiger charge is -2.42. The average molecular weight is 558 g/mol. The molecule has 0 amide bonds. The van der Waals surface area contributed by atoms with Crippen molar-refractivity contribution < 1.29 is 4.79 Å². The molecule has 1 unspecified atom stereocenters. The number of thioether (sulfide) groups is 2. The third-order valence-electron chi connectivity index (χ3n) is 7.03. The van der Waals surface area contributed by atoms with Gasteiger partial charge in [0.15, 0.2) is 10.1 Å². The fraction of sp³-hybridized carbons (Fsp3) is 0.538. The van der Waals surface area contributed by atoms with Gasteiger partial charge < -0.3 is 5.73 Å². The molecule has 2 aliphatic carbocycles. The Balaban J connectivity index is 1.60. The Morgan fingerprint density at radius 3 is 2.75 bits per heavy atom. The van der Waals surface area contributed by atoms with Gasteiger partial charge in [-0.3, -0.25) is 9.69 Å². The van der Waals surface area contributed by atoms with Gasteiger partial charge in [0.1, 0.15) is 5.82 Å². The number of carbonyl (C=O) groups is 1. The zero-order valence-electron chi connectivity index (χ0n) is 20.9. The number of hydrogen-bond donors (Lipinski definition) is 1. The third kappa shape index (κ3) is 4.87. The average Bonchev–Trinajstić information content (AvgIpc) is 3.48. The summed E-state index contributed by atoms with van der Waals surface area (Å²) in [5.41, 5.74) is 9.60. The lowest BCUT2D eigenvalue weighted by atomic mass is 9.69. The lowest BCUT2D eigenvalue weighted by molar-refractivity contribution is -0.118. The van der Waals surface area contributed by atoms with E-state index in [9.17, 15) is 10.1 Å². The highest BCUT2D eigenvalue weighted by Gasteiger charge is 2.46. The van der Waals surface area contributed by atoms with Crippen molar-refractivity contribution in [2.45, 2.75) is 85.4 Å². The molecule has 2 aromatic rings. The van der Waals surface area contributed by atoms with Crippen LogP contribution in [0.2, 0.25) is 0 Å². The van der Waals surface area contributed by atoms with Gasteiger partial charge in [-0.2, -0.15) is 5.26 Å². The third-order valence-corrected chi connectivity index (χ3v) is 11.5. The van der Waals surface area contributed by atoms with Crippen molar-refractivity contribution in [2.24, 2.45) is 11.1 Å². The molecule has 0 bridgehead atoms. The standard InChI is InChI=1S/C26H31N5OS4/c1-4-33-23-16(10-11-34-23)20-17(14-27)22(28)31(18-12-26(2,3)13-19(32)21(18)20)24-29-30-25(36-24)35-15-8-6-5-7-9-15/h10-11,15,20H,4-9,12-13,28H2,1-3H3. The van der Waals surface area contributed by atoms with Crippen LogP contribution in [0.25, 0.3) is 0 Å². The number of thiophene rings is 1. The van der Waals surface area contributed by atoms with Crippen LogP contribution in [-0.2, 0) is 4.79 Å². The first-order valence-corrected chi connectivity index (χ1v) is 16.1. The normalized spacial score (nSPS) is 22.7. The molecule has 0 aromatic carbocycles. The van der Waals surface area contributed by atoms with Gasteiger partial charge in [0, 0.05) is 22.9 Å². The first kappa shape index (κ1) is 25.8. The van der Waals surface area contributed by atoms with E-state index in [1.807, 2.05) is 10.3 Å². The van der Waals surface area contributed by atoms with Crippen LogP contribution in [0, 0.1) is 16.7 Å². The molecule has 5 rings (SSSR count). The van der Waals surface area contributed by atoms with Crippen LogP contribution < -0.4 is 10.6 Å². The van der Waals surface area contributed by atoms with E-state index in [0.29, 0.717) is 40.2 Å². The maximum absolute atomic E-state index is 13.7. The van der Waals surface area contributed by atoms with Crippen LogP contribution in [0.5, 0.6) is 0 Å². The van der Waals surface area contributed by atoms with Crippen LogP contribution in [0.1, 0.15) is 77.2 Å². The zero-order valence-corrected chi connectivity index (χ0v) is 24.1. The molecule has 1 saturated carbocycles. The number of hydrogen-bond acceptors (Lipinski definition) is 10. The second-order valence-corrected chi connectivity index (χ2v) is 15.3. The van der Waals surface area contributed by atoms with E-state index in [1.165, 1.54) is 43.4 Å². The first-order valence-electron chi connectivity index (χ1n) is 12.5. The van der Waals surface area contributed by atoms with Crippen LogP contribution in [0.3, 0.4) is 0 Å². The summed E-state index contributed by atoms with van der Waals surface area (Å²) < 4.78 is 2.07. The molecule has 2 aromatic heterocycles. The number of nitrogens with two attached hydrogens (primary N) is 1. The Labute approximate surface area is 229 Å². The smallest absolute Gasteiger partial charge is 0.219 e. The monoisotopic (exact) mass is 557 g/mol. The largest absolute Gasteiger partial charge is 0.384 e. The number of aromatic nitrogens is 2.